The zero-order chi connectivity index (χ0) is 10.7. The first kappa shape index (κ1) is 9.78. The summed E-state index contributed by atoms with van der Waals surface area (Å²) in [5, 5.41) is 0. The van der Waals surface area contributed by atoms with Gasteiger partial charge in [0.05, 0.1) is 0 Å². The van der Waals surface area contributed by atoms with E-state index in [2.05, 4.69) is 0 Å². The smallest absolute Gasteiger partial charge is 0.155 e. The van der Waals surface area contributed by atoms with E-state index in [1.165, 1.54) is 0 Å². The normalized spacial score (nSPS) is 10.1. The Kier molecular flexibility index (Phi) is 2.72. The predicted octanol–water partition coefficient (Wildman–Crippen LogP) is 1.71. The Morgan fingerprint density at radius 1 is 1.13 bits per heavy atom. The Morgan fingerprint density at radius 2 is 1.73 bits per heavy atom. The number of hydrogen-bond acceptors (Lipinski definition) is 1. The monoisotopic (exact) mass is 197 g/mol. The fourth-order valence-corrected chi connectivity index (χ4v) is 1.53. The van der Waals surface area contributed by atoms with Crippen LogP contribution in [0.5, 0.6) is 0 Å². The number of rotatable bonds is 3. The summed E-state index contributed by atoms with van der Waals surface area (Å²) in [5.41, 5.74) is 1.86. The Balaban J connectivity index is 2.29. The average molecular weight is 197 g/mol. The highest BCUT2D eigenvalue weighted by Crippen LogP contribution is 2.11. The van der Waals surface area contributed by atoms with Gasteiger partial charge in [0.2, 0.25) is 0 Å². The van der Waals surface area contributed by atoms with Crippen molar-refractivity contribution in [2.45, 2.75) is 6.32 Å². The van der Waals surface area contributed by atoms with Crippen LogP contribution in [-0.4, -0.2) is 18.2 Å². The van der Waals surface area contributed by atoms with Crippen LogP contribution >= 0.6 is 0 Å². The van der Waals surface area contributed by atoms with Crippen LogP contribution in [0.1, 0.15) is 10.4 Å². The predicted molar refractivity (Wildman–Crippen MR) is 63.5 cm³/mol. The van der Waals surface area contributed by atoms with Gasteiger partial charge in [-0.2, -0.15) is 0 Å². The second-order valence-electron chi connectivity index (χ2n) is 3.41. The lowest BCUT2D eigenvalue weighted by molar-refractivity contribution is 0.101. The molecular formula is C12H12BNO. The summed E-state index contributed by atoms with van der Waals surface area (Å²) in [4.78, 5) is 11.4. The summed E-state index contributed by atoms with van der Waals surface area (Å²) in [7, 11) is 1.88. The van der Waals surface area contributed by atoms with Crippen molar-refractivity contribution in [2.75, 3.05) is 0 Å². The Labute approximate surface area is 90.0 Å². The third-order valence-electron chi connectivity index (χ3n) is 2.41. The maximum absolute atomic E-state index is 11.4. The van der Waals surface area contributed by atoms with Gasteiger partial charge in [-0.25, -0.2) is 0 Å². The van der Waals surface area contributed by atoms with Crippen molar-refractivity contribution in [3.63, 3.8) is 0 Å². The summed E-state index contributed by atoms with van der Waals surface area (Å²) in [6.07, 6.45) is 4.52. The molecule has 0 fully saturated rings. The highest BCUT2D eigenvalue weighted by atomic mass is 16.1. The van der Waals surface area contributed by atoms with Gasteiger partial charge in [-0.3, -0.25) is 4.79 Å². The average Bonchev–Trinajstić information content (AvgIpc) is 2.82. The molecule has 74 valence electrons. The summed E-state index contributed by atoms with van der Waals surface area (Å²) in [6.45, 7) is 0. The van der Waals surface area contributed by atoms with E-state index in [1.54, 1.807) is 0 Å². The third-order valence-corrected chi connectivity index (χ3v) is 2.41. The van der Waals surface area contributed by atoms with E-state index in [4.69, 9.17) is 0 Å². The SMILES string of the molecule is BCC(=O)c1ccc(-n2cccc2)cc1. The Morgan fingerprint density at radius 3 is 2.27 bits per heavy atom. The highest BCUT2D eigenvalue weighted by molar-refractivity contribution is 6.23. The minimum atomic E-state index is 0.189. The second-order valence-corrected chi connectivity index (χ2v) is 3.41. The molecule has 0 amide bonds. The fourth-order valence-electron chi connectivity index (χ4n) is 1.53. The molecule has 1 heterocycles. The summed E-state index contributed by atoms with van der Waals surface area (Å²) < 4.78 is 2.01. The van der Waals surface area contributed by atoms with Gasteiger partial charge in [0.25, 0.3) is 0 Å². The van der Waals surface area contributed by atoms with Crippen molar-refractivity contribution in [1.82, 2.24) is 4.57 Å². The summed E-state index contributed by atoms with van der Waals surface area (Å²) in [6, 6.07) is 11.6. The summed E-state index contributed by atoms with van der Waals surface area (Å²) >= 11 is 0. The van der Waals surface area contributed by atoms with Crippen LogP contribution < -0.4 is 0 Å². The van der Waals surface area contributed by atoms with Crippen molar-refractivity contribution >= 4 is 13.6 Å². The molecule has 0 N–H and O–H groups in total. The first-order valence-electron chi connectivity index (χ1n) is 5.08. The molecule has 1 aromatic carbocycles. The lowest BCUT2D eigenvalue weighted by Gasteiger charge is -2.03. The molecule has 0 aliphatic carbocycles. The Hall–Kier alpha value is -1.77. The molecule has 2 rings (SSSR count). The van der Waals surface area contributed by atoms with Crippen molar-refractivity contribution in [3.8, 4) is 5.69 Å². The number of hydrogen-bond donors (Lipinski definition) is 0. The molecule has 0 unspecified atom stereocenters. The number of Topliss-reactive ketones (excluding diaryl/α,β-unsaturated/α-hetero) is 1. The number of benzene rings is 1. The molecule has 0 saturated carbocycles. The van der Waals surface area contributed by atoms with Gasteiger partial charge in [-0.15, -0.1) is 0 Å². The highest BCUT2D eigenvalue weighted by Gasteiger charge is 2.02. The van der Waals surface area contributed by atoms with Crippen LogP contribution in [0.2, 0.25) is 6.32 Å². The van der Waals surface area contributed by atoms with E-state index in [0.717, 1.165) is 11.3 Å². The van der Waals surface area contributed by atoms with E-state index >= 15 is 0 Å². The molecule has 1 aromatic heterocycles. The molecule has 3 heteroatoms. The standard InChI is InChI=1S/C12H12BNO/c13-9-12(15)10-3-5-11(6-4-10)14-7-1-2-8-14/h1-8H,9,13H2. The molecule has 0 aliphatic rings. The number of ketones is 1. The largest absolute Gasteiger partial charge is 0.324 e. The first-order chi connectivity index (χ1) is 7.31. The molecule has 0 aliphatic heterocycles. The molecule has 0 radical (unpaired) electrons. The van der Waals surface area contributed by atoms with Crippen molar-refractivity contribution in [2.24, 2.45) is 0 Å². The quantitative estimate of drug-likeness (QED) is 0.542. The zero-order valence-corrected chi connectivity index (χ0v) is 8.68. The van der Waals surface area contributed by atoms with Gasteiger partial charge in [0, 0.05) is 23.6 Å². The third kappa shape index (κ3) is 2.01. The van der Waals surface area contributed by atoms with Crippen LogP contribution in [0.4, 0.5) is 0 Å². The number of nitrogens with zero attached hydrogens (tertiary/aromatic N) is 1. The van der Waals surface area contributed by atoms with Crippen molar-refractivity contribution in [3.05, 3.63) is 54.4 Å². The molecule has 15 heavy (non-hydrogen) atoms. The second kappa shape index (κ2) is 4.17. The number of carbonyl (C=O) groups excluding carboxylic acids is 1. The maximum Gasteiger partial charge on any atom is 0.155 e. The number of carbonyl (C=O) groups is 1. The van der Waals surface area contributed by atoms with Crippen LogP contribution in [0, 0.1) is 0 Å². The molecule has 0 bridgehead atoms. The minimum absolute atomic E-state index is 0.189. The molecule has 2 nitrogen and oxygen atoms in total. The number of aromatic nitrogens is 1. The topological polar surface area (TPSA) is 22.0 Å². The first-order valence-corrected chi connectivity index (χ1v) is 5.08. The van der Waals surface area contributed by atoms with Gasteiger partial charge < -0.3 is 4.57 Å². The summed E-state index contributed by atoms with van der Waals surface area (Å²) in [5.74, 6) is 0.189. The lowest BCUT2D eigenvalue weighted by Crippen LogP contribution is -1.98. The van der Waals surface area contributed by atoms with E-state index in [9.17, 15) is 4.79 Å². The zero-order valence-electron chi connectivity index (χ0n) is 8.68. The van der Waals surface area contributed by atoms with Gasteiger partial charge in [-0.05, 0) is 42.7 Å². The van der Waals surface area contributed by atoms with Crippen LogP contribution in [0.25, 0.3) is 5.69 Å². The van der Waals surface area contributed by atoms with Crippen LogP contribution in [-0.2, 0) is 0 Å². The van der Waals surface area contributed by atoms with E-state index in [1.807, 2.05) is 61.2 Å². The van der Waals surface area contributed by atoms with Gasteiger partial charge in [0.15, 0.2) is 5.78 Å². The van der Waals surface area contributed by atoms with Crippen LogP contribution in [0.3, 0.4) is 0 Å². The van der Waals surface area contributed by atoms with E-state index < -0.39 is 0 Å². The van der Waals surface area contributed by atoms with Gasteiger partial charge in [0.1, 0.15) is 7.85 Å². The molecular weight excluding hydrogens is 185 g/mol. The Bertz CT molecular complexity index is 445. The van der Waals surface area contributed by atoms with Gasteiger partial charge in [-0.1, -0.05) is 0 Å². The van der Waals surface area contributed by atoms with Crippen molar-refractivity contribution in [1.29, 1.82) is 0 Å². The molecule has 0 atom stereocenters. The van der Waals surface area contributed by atoms with Crippen LogP contribution in [0.15, 0.2) is 48.8 Å². The fraction of sp³-hybridized carbons (Fsp3) is 0.0833. The van der Waals surface area contributed by atoms with E-state index in [-0.39, 0.29) is 5.78 Å². The van der Waals surface area contributed by atoms with E-state index in [0.29, 0.717) is 6.32 Å². The minimum Gasteiger partial charge on any atom is -0.324 e. The maximum atomic E-state index is 11.4. The molecule has 0 spiro atoms. The lowest BCUT2D eigenvalue weighted by atomic mass is 9.96. The molecule has 0 saturated heterocycles. The molecule has 2 aromatic rings. The van der Waals surface area contributed by atoms with Gasteiger partial charge >= 0.3 is 0 Å². The van der Waals surface area contributed by atoms with Crippen molar-refractivity contribution < 1.29 is 4.79 Å².